The van der Waals surface area contributed by atoms with Gasteiger partial charge in [-0.15, -0.1) is 0 Å². The SMILES string of the molecule is COCCc1ccccc1Nc1nc2cc(C)ccc2s1. The van der Waals surface area contributed by atoms with Gasteiger partial charge in [-0.1, -0.05) is 35.6 Å². The number of nitrogens with zero attached hydrogens (tertiary/aromatic N) is 1. The van der Waals surface area contributed by atoms with E-state index in [1.54, 1.807) is 18.4 Å². The Balaban J connectivity index is 1.87. The van der Waals surface area contributed by atoms with E-state index in [-0.39, 0.29) is 0 Å². The molecule has 2 aromatic carbocycles. The molecule has 3 aromatic rings. The Morgan fingerprint density at radius 1 is 1.19 bits per heavy atom. The molecule has 108 valence electrons. The van der Waals surface area contributed by atoms with Crippen molar-refractivity contribution in [3.05, 3.63) is 53.6 Å². The Bertz CT molecular complexity index is 751. The number of aromatic nitrogens is 1. The predicted molar refractivity (Wildman–Crippen MR) is 89.7 cm³/mol. The van der Waals surface area contributed by atoms with Crippen molar-refractivity contribution in [2.75, 3.05) is 19.0 Å². The Morgan fingerprint density at radius 2 is 2.05 bits per heavy atom. The maximum absolute atomic E-state index is 5.17. The highest BCUT2D eigenvalue weighted by molar-refractivity contribution is 7.22. The minimum atomic E-state index is 0.720. The number of fused-ring (bicyclic) bond motifs is 1. The fourth-order valence-electron chi connectivity index (χ4n) is 2.28. The lowest BCUT2D eigenvalue weighted by atomic mass is 10.1. The number of hydrogen-bond acceptors (Lipinski definition) is 4. The summed E-state index contributed by atoms with van der Waals surface area (Å²) in [6.45, 7) is 2.81. The van der Waals surface area contributed by atoms with Crippen LogP contribution in [0, 0.1) is 6.92 Å². The zero-order valence-corrected chi connectivity index (χ0v) is 13.0. The molecule has 1 heterocycles. The maximum atomic E-state index is 5.17. The zero-order valence-electron chi connectivity index (χ0n) is 12.2. The molecule has 21 heavy (non-hydrogen) atoms. The van der Waals surface area contributed by atoms with Crippen molar-refractivity contribution in [3.8, 4) is 0 Å². The highest BCUT2D eigenvalue weighted by atomic mass is 32.1. The Morgan fingerprint density at radius 3 is 2.90 bits per heavy atom. The molecular formula is C17H18N2OS. The summed E-state index contributed by atoms with van der Waals surface area (Å²) < 4.78 is 6.38. The van der Waals surface area contributed by atoms with E-state index in [1.165, 1.54) is 15.8 Å². The Hall–Kier alpha value is -1.91. The number of para-hydroxylation sites is 1. The van der Waals surface area contributed by atoms with Crippen LogP contribution in [-0.2, 0) is 11.2 Å². The second-order valence-corrected chi connectivity index (χ2v) is 6.05. The van der Waals surface area contributed by atoms with Gasteiger partial charge in [0.15, 0.2) is 5.13 Å². The van der Waals surface area contributed by atoms with Gasteiger partial charge in [0.25, 0.3) is 0 Å². The summed E-state index contributed by atoms with van der Waals surface area (Å²) in [4.78, 5) is 4.67. The molecule has 0 unspecified atom stereocenters. The van der Waals surface area contributed by atoms with Crippen LogP contribution in [0.2, 0.25) is 0 Å². The summed E-state index contributed by atoms with van der Waals surface area (Å²) in [7, 11) is 1.73. The van der Waals surface area contributed by atoms with E-state index in [9.17, 15) is 0 Å². The second-order valence-electron chi connectivity index (χ2n) is 5.02. The fraction of sp³-hybridized carbons (Fsp3) is 0.235. The van der Waals surface area contributed by atoms with Crippen LogP contribution in [0.5, 0.6) is 0 Å². The van der Waals surface area contributed by atoms with E-state index in [4.69, 9.17) is 4.74 Å². The van der Waals surface area contributed by atoms with Crippen LogP contribution in [0.25, 0.3) is 10.2 Å². The van der Waals surface area contributed by atoms with Gasteiger partial charge in [-0.25, -0.2) is 4.98 Å². The number of ether oxygens (including phenoxy) is 1. The predicted octanol–water partition coefficient (Wildman–Crippen LogP) is 4.54. The van der Waals surface area contributed by atoms with Crippen LogP contribution in [-0.4, -0.2) is 18.7 Å². The first kappa shape index (κ1) is 14.0. The molecule has 3 nitrogen and oxygen atoms in total. The Labute approximate surface area is 128 Å². The largest absolute Gasteiger partial charge is 0.384 e. The molecule has 0 saturated heterocycles. The van der Waals surface area contributed by atoms with Gasteiger partial charge in [0.1, 0.15) is 0 Å². The van der Waals surface area contributed by atoms with Gasteiger partial charge >= 0.3 is 0 Å². The molecule has 0 bridgehead atoms. The van der Waals surface area contributed by atoms with Crippen LogP contribution < -0.4 is 5.32 Å². The van der Waals surface area contributed by atoms with Crippen molar-refractivity contribution in [1.29, 1.82) is 0 Å². The number of benzene rings is 2. The molecule has 3 rings (SSSR count). The van der Waals surface area contributed by atoms with Crippen LogP contribution in [0.1, 0.15) is 11.1 Å². The lowest BCUT2D eigenvalue weighted by Gasteiger charge is -2.09. The highest BCUT2D eigenvalue weighted by Gasteiger charge is 2.07. The van der Waals surface area contributed by atoms with Crippen molar-refractivity contribution in [1.82, 2.24) is 4.98 Å². The van der Waals surface area contributed by atoms with Crippen molar-refractivity contribution in [3.63, 3.8) is 0 Å². The normalized spacial score (nSPS) is 11.0. The molecular weight excluding hydrogens is 280 g/mol. The number of aryl methyl sites for hydroxylation is 1. The molecule has 1 N–H and O–H groups in total. The Kier molecular flexibility index (Phi) is 4.18. The standard InChI is InChI=1S/C17H18N2OS/c1-12-7-8-16-15(11-12)19-17(21-16)18-14-6-4-3-5-13(14)9-10-20-2/h3-8,11H,9-10H2,1-2H3,(H,18,19). The van der Waals surface area contributed by atoms with Gasteiger partial charge in [-0.2, -0.15) is 0 Å². The van der Waals surface area contributed by atoms with Gasteiger partial charge in [-0.3, -0.25) is 0 Å². The third-order valence-corrected chi connectivity index (χ3v) is 4.33. The highest BCUT2D eigenvalue weighted by Crippen LogP contribution is 2.30. The first-order valence-electron chi connectivity index (χ1n) is 6.97. The molecule has 1 aromatic heterocycles. The number of methoxy groups -OCH3 is 1. The van der Waals surface area contributed by atoms with Gasteiger partial charge in [0.2, 0.25) is 0 Å². The smallest absolute Gasteiger partial charge is 0.188 e. The lowest BCUT2D eigenvalue weighted by molar-refractivity contribution is 0.202. The van der Waals surface area contributed by atoms with Gasteiger partial charge in [0, 0.05) is 12.8 Å². The second kappa shape index (κ2) is 6.24. The molecule has 0 fully saturated rings. The van der Waals surface area contributed by atoms with E-state index in [0.717, 1.165) is 29.4 Å². The third kappa shape index (κ3) is 3.23. The van der Waals surface area contributed by atoms with Crippen molar-refractivity contribution in [2.45, 2.75) is 13.3 Å². The van der Waals surface area contributed by atoms with Crippen molar-refractivity contribution < 1.29 is 4.74 Å². The van der Waals surface area contributed by atoms with E-state index in [0.29, 0.717) is 0 Å². The lowest BCUT2D eigenvalue weighted by Crippen LogP contribution is -1.99. The van der Waals surface area contributed by atoms with E-state index >= 15 is 0 Å². The molecule has 0 aliphatic carbocycles. The minimum absolute atomic E-state index is 0.720. The van der Waals surface area contributed by atoms with Crippen LogP contribution in [0.15, 0.2) is 42.5 Å². The molecule has 0 spiro atoms. The van der Waals surface area contributed by atoms with Gasteiger partial charge in [-0.05, 0) is 42.7 Å². The summed E-state index contributed by atoms with van der Waals surface area (Å²) in [5, 5.41) is 4.37. The zero-order chi connectivity index (χ0) is 14.7. The quantitative estimate of drug-likeness (QED) is 0.751. The first-order chi connectivity index (χ1) is 10.3. The van der Waals surface area contributed by atoms with E-state index < -0.39 is 0 Å². The first-order valence-corrected chi connectivity index (χ1v) is 7.79. The average Bonchev–Trinajstić information content (AvgIpc) is 2.87. The van der Waals surface area contributed by atoms with Crippen LogP contribution in [0.3, 0.4) is 0 Å². The van der Waals surface area contributed by atoms with Crippen molar-refractivity contribution in [2.24, 2.45) is 0 Å². The van der Waals surface area contributed by atoms with Crippen LogP contribution in [0.4, 0.5) is 10.8 Å². The average molecular weight is 298 g/mol. The summed E-state index contributed by atoms with van der Waals surface area (Å²) >= 11 is 1.68. The molecule has 0 saturated carbocycles. The number of thiazole rings is 1. The van der Waals surface area contributed by atoms with E-state index in [2.05, 4.69) is 53.6 Å². The summed E-state index contributed by atoms with van der Waals surface area (Å²) in [5.41, 5.74) is 4.64. The molecule has 0 amide bonds. The molecule has 0 radical (unpaired) electrons. The number of nitrogens with one attached hydrogen (secondary N) is 1. The minimum Gasteiger partial charge on any atom is -0.384 e. The monoisotopic (exact) mass is 298 g/mol. The summed E-state index contributed by atoms with van der Waals surface area (Å²) in [6, 6.07) is 14.7. The summed E-state index contributed by atoms with van der Waals surface area (Å²) in [6.07, 6.45) is 0.893. The molecule has 0 atom stereocenters. The summed E-state index contributed by atoms with van der Waals surface area (Å²) in [5.74, 6) is 0. The number of hydrogen-bond donors (Lipinski definition) is 1. The third-order valence-electron chi connectivity index (χ3n) is 3.38. The fourth-order valence-corrected chi connectivity index (χ4v) is 3.14. The van der Waals surface area contributed by atoms with Crippen molar-refractivity contribution >= 4 is 32.4 Å². The van der Waals surface area contributed by atoms with Gasteiger partial charge in [0.05, 0.1) is 16.8 Å². The topological polar surface area (TPSA) is 34.1 Å². The number of anilines is 2. The molecule has 4 heteroatoms. The number of rotatable bonds is 5. The maximum Gasteiger partial charge on any atom is 0.188 e. The van der Waals surface area contributed by atoms with Gasteiger partial charge < -0.3 is 10.1 Å². The van der Waals surface area contributed by atoms with Crippen LogP contribution >= 0.6 is 11.3 Å². The van der Waals surface area contributed by atoms with E-state index in [1.807, 2.05) is 6.07 Å². The molecule has 0 aliphatic rings. The molecule has 0 aliphatic heterocycles.